The first-order chi connectivity index (χ1) is 13.5. The number of carbonyl (C=O) groups is 1. The Morgan fingerprint density at radius 1 is 1.04 bits per heavy atom. The molecule has 2 N–H and O–H groups in total. The Bertz CT molecular complexity index is 1040. The average molecular weight is 398 g/mol. The highest BCUT2D eigenvalue weighted by Gasteiger charge is 2.18. The van der Waals surface area contributed by atoms with Gasteiger partial charge in [0.25, 0.3) is 5.91 Å². The van der Waals surface area contributed by atoms with Crippen molar-refractivity contribution >= 4 is 21.6 Å². The number of nitrogens with one attached hydrogen (secondary N) is 2. The maximum atomic E-state index is 12.7. The van der Waals surface area contributed by atoms with E-state index in [0.29, 0.717) is 17.8 Å². The van der Waals surface area contributed by atoms with Gasteiger partial charge >= 0.3 is 0 Å². The molecular weight excluding hydrogens is 376 g/mol. The predicted octanol–water partition coefficient (Wildman–Crippen LogP) is 4.28. The fourth-order valence-electron chi connectivity index (χ4n) is 2.73. The van der Waals surface area contributed by atoms with Crippen molar-refractivity contribution in [3.8, 4) is 11.1 Å². The predicted molar refractivity (Wildman–Crippen MR) is 109 cm³/mol. The van der Waals surface area contributed by atoms with Gasteiger partial charge in [-0.1, -0.05) is 49.7 Å². The van der Waals surface area contributed by atoms with Gasteiger partial charge in [0.2, 0.25) is 10.0 Å². The summed E-state index contributed by atoms with van der Waals surface area (Å²) in [4.78, 5) is 12.8. The molecule has 0 spiro atoms. The van der Waals surface area contributed by atoms with Crippen LogP contribution in [0.3, 0.4) is 0 Å². The fraction of sp³-hybridized carbons (Fsp3) is 0.190. The van der Waals surface area contributed by atoms with E-state index in [0.717, 1.165) is 18.4 Å². The molecule has 1 aromatic heterocycles. The molecule has 0 aliphatic carbocycles. The molecule has 0 aliphatic rings. The molecule has 0 radical (unpaired) electrons. The quantitative estimate of drug-likeness (QED) is 0.555. The second-order valence-electron chi connectivity index (χ2n) is 6.26. The van der Waals surface area contributed by atoms with Crippen LogP contribution in [0.1, 0.15) is 30.3 Å². The number of rotatable bonds is 8. The van der Waals surface area contributed by atoms with Crippen molar-refractivity contribution in [2.45, 2.75) is 24.7 Å². The summed E-state index contributed by atoms with van der Waals surface area (Å²) in [7, 11) is -3.62. The standard InChI is InChI=1S/C21H22N2O4S/c1-2-3-13-22-28(25,26)18-11-7-10-17(15-18)23-21(24)20-19(12-14-27-20)16-8-5-4-6-9-16/h4-12,14-15,22H,2-3,13H2,1H3,(H,23,24). The molecule has 0 saturated carbocycles. The van der Waals surface area contributed by atoms with E-state index < -0.39 is 15.9 Å². The molecule has 0 saturated heterocycles. The Hall–Kier alpha value is -2.90. The highest BCUT2D eigenvalue weighted by Crippen LogP contribution is 2.26. The number of sulfonamides is 1. The minimum absolute atomic E-state index is 0.101. The Balaban J connectivity index is 1.78. The van der Waals surface area contributed by atoms with Gasteiger partial charge in [-0.15, -0.1) is 0 Å². The second-order valence-corrected chi connectivity index (χ2v) is 8.03. The van der Waals surface area contributed by atoms with E-state index in [1.807, 2.05) is 37.3 Å². The molecule has 0 unspecified atom stereocenters. The number of unbranched alkanes of at least 4 members (excludes halogenated alkanes) is 1. The molecule has 28 heavy (non-hydrogen) atoms. The van der Waals surface area contributed by atoms with Crippen LogP contribution in [0.4, 0.5) is 5.69 Å². The van der Waals surface area contributed by atoms with Crippen LogP contribution >= 0.6 is 0 Å². The lowest BCUT2D eigenvalue weighted by Crippen LogP contribution is -2.24. The molecule has 0 fully saturated rings. The number of hydrogen-bond acceptors (Lipinski definition) is 4. The Kier molecular flexibility index (Phi) is 6.28. The summed E-state index contributed by atoms with van der Waals surface area (Å²) in [5, 5.41) is 2.71. The minimum atomic E-state index is -3.62. The maximum absolute atomic E-state index is 12.7. The van der Waals surface area contributed by atoms with E-state index in [4.69, 9.17) is 4.42 Å². The molecule has 6 nitrogen and oxygen atoms in total. The van der Waals surface area contributed by atoms with Crippen molar-refractivity contribution < 1.29 is 17.6 Å². The Labute approximate surface area is 164 Å². The molecule has 3 rings (SSSR count). The zero-order chi connectivity index (χ0) is 20.0. The zero-order valence-corrected chi connectivity index (χ0v) is 16.3. The van der Waals surface area contributed by atoms with Crippen LogP contribution in [0.2, 0.25) is 0 Å². The van der Waals surface area contributed by atoms with E-state index in [-0.39, 0.29) is 10.7 Å². The second kappa shape index (κ2) is 8.86. The number of anilines is 1. The van der Waals surface area contributed by atoms with Crippen molar-refractivity contribution in [1.82, 2.24) is 4.72 Å². The van der Waals surface area contributed by atoms with Gasteiger partial charge in [-0.2, -0.15) is 0 Å². The summed E-state index contributed by atoms with van der Waals surface area (Å²) < 4.78 is 32.7. The summed E-state index contributed by atoms with van der Waals surface area (Å²) >= 11 is 0. The van der Waals surface area contributed by atoms with Crippen LogP contribution in [0.5, 0.6) is 0 Å². The highest BCUT2D eigenvalue weighted by atomic mass is 32.2. The number of furan rings is 1. The Morgan fingerprint density at radius 3 is 2.57 bits per heavy atom. The van der Waals surface area contributed by atoms with Gasteiger partial charge in [-0.25, -0.2) is 13.1 Å². The van der Waals surface area contributed by atoms with E-state index >= 15 is 0 Å². The SMILES string of the molecule is CCCCNS(=O)(=O)c1cccc(NC(=O)c2occc2-c2ccccc2)c1. The molecule has 3 aromatic rings. The monoisotopic (exact) mass is 398 g/mol. The molecule has 146 valence electrons. The highest BCUT2D eigenvalue weighted by molar-refractivity contribution is 7.89. The first-order valence-corrected chi connectivity index (χ1v) is 10.5. The van der Waals surface area contributed by atoms with E-state index in [2.05, 4.69) is 10.0 Å². The van der Waals surface area contributed by atoms with E-state index in [1.54, 1.807) is 18.2 Å². The summed E-state index contributed by atoms with van der Waals surface area (Å²) in [6.45, 7) is 2.37. The van der Waals surface area contributed by atoms with Crippen molar-refractivity contribution in [1.29, 1.82) is 0 Å². The maximum Gasteiger partial charge on any atom is 0.292 e. The van der Waals surface area contributed by atoms with Crippen molar-refractivity contribution in [3.63, 3.8) is 0 Å². The van der Waals surface area contributed by atoms with E-state index in [1.165, 1.54) is 18.4 Å². The zero-order valence-electron chi connectivity index (χ0n) is 15.5. The summed E-state index contributed by atoms with van der Waals surface area (Å²) in [6, 6.07) is 17.3. The largest absolute Gasteiger partial charge is 0.459 e. The van der Waals surface area contributed by atoms with Gasteiger partial charge in [0.05, 0.1) is 11.2 Å². The topological polar surface area (TPSA) is 88.4 Å². The third kappa shape index (κ3) is 4.68. The van der Waals surface area contributed by atoms with Crippen LogP contribution < -0.4 is 10.0 Å². The van der Waals surface area contributed by atoms with Crippen molar-refractivity contribution in [3.05, 3.63) is 72.7 Å². The number of carbonyl (C=O) groups excluding carboxylic acids is 1. The summed E-state index contributed by atoms with van der Waals surface area (Å²) in [5.74, 6) is -0.280. The number of benzene rings is 2. The fourth-order valence-corrected chi connectivity index (χ4v) is 3.85. The van der Waals surface area contributed by atoms with Gasteiger partial charge in [-0.05, 0) is 36.2 Å². The van der Waals surface area contributed by atoms with Crippen LogP contribution in [0.15, 0.2) is 76.2 Å². The smallest absolute Gasteiger partial charge is 0.292 e. The van der Waals surface area contributed by atoms with Gasteiger partial charge in [-0.3, -0.25) is 4.79 Å². The molecule has 0 bridgehead atoms. The first kappa shape index (κ1) is 19.9. The van der Waals surface area contributed by atoms with E-state index in [9.17, 15) is 13.2 Å². The summed E-state index contributed by atoms with van der Waals surface area (Å²) in [6.07, 6.45) is 3.11. The molecule has 1 heterocycles. The normalized spacial score (nSPS) is 11.3. The number of amides is 1. The Morgan fingerprint density at radius 2 is 1.82 bits per heavy atom. The molecular formula is C21H22N2O4S. The lowest BCUT2D eigenvalue weighted by atomic mass is 10.1. The first-order valence-electron chi connectivity index (χ1n) is 9.05. The lowest BCUT2D eigenvalue weighted by Gasteiger charge is -2.09. The molecule has 0 aliphatic heterocycles. The van der Waals surface area contributed by atoms with Crippen molar-refractivity contribution in [2.24, 2.45) is 0 Å². The minimum Gasteiger partial charge on any atom is -0.459 e. The van der Waals surface area contributed by atoms with Crippen LogP contribution in [0.25, 0.3) is 11.1 Å². The summed E-state index contributed by atoms with van der Waals surface area (Å²) in [5.41, 5.74) is 1.90. The molecule has 7 heteroatoms. The average Bonchev–Trinajstić information content (AvgIpc) is 3.19. The third-order valence-electron chi connectivity index (χ3n) is 4.18. The van der Waals surface area contributed by atoms with Gasteiger partial charge < -0.3 is 9.73 Å². The lowest BCUT2D eigenvalue weighted by molar-refractivity contribution is 0.0997. The van der Waals surface area contributed by atoms with Crippen molar-refractivity contribution in [2.75, 3.05) is 11.9 Å². The van der Waals surface area contributed by atoms with Crippen LogP contribution in [-0.2, 0) is 10.0 Å². The third-order valence-corrected chi connectivity index (χ3v) is 5.64. The molecule has 1 amide bonds. The van der Waals surface area contributed by atoms with Gasteiger partial charge in [0.15, 0.2) is 5.76 Å². The van der Waals surface area contributed by atoms with Crippen LogP contribution in [0, 0.1) is 0 Å². The van der Waals surface area contributed by atoms with Gasteiger partial charge in [0.1, 0.15) is 0 Å². The van der Waals surface area contributed by atoms with Gasteiger partial charge in [0, 0.05) is 17.8 Å². The van der Waals surface area contributed by atoms with Crippen LogP contribution in [-0.4, -0.2) is 20.9 Å². The number of hydrogen-bond donors (Lipinski definition) is 2. The molecule has 0 atom stereocenters. The molecule has 2 aromatic carbocycles.